The average Bonchev–Trinajstić information content (AvgIpc) is 4.11. The molecule has 0 radical (unpaired) electrons. The highest BCUT2D eigenvalue weighted by Crippen LogP contribution is 2.40. The lowest BCUT2D eigenvalue weighted by Gasteiger charge is -2.25. The van der Waals surface area contributed by atoms with Gasteiger partial charge in [-0.1, -0.05) is 145 Å². The van der Waals surface area contributed by atoms with Crippen molar-refractivity contribution in [2.45, 2.75) is 37.8 Å². The van der Waals surface area contributed by atoms with Gasteiger partial charge in [-0.3, -0.25) is 0 Å². The Morgan fingerprint density at radius 2 is 0.962 bits per heavy atom. The van der Waals surface area contributed by atoms with Gasteiger partial charge in [-0.05, 0) is 144 Å². The lowest BCUT2D eigenvalue weighted by Crippen LogP contribution is -2.22. The third-order valence-corrected chi connectivity index (χ3v) is 14.8. The molecule has 0 fully saturated rings. The van der Waals surface area contributed by atoms with Crippen LogP contribution in [-0.2, 0) is 30.4 Å². The summed E-state index contributed by atoms with van der Waals surface area (Å²) in [5, 5.41) is 16.4. The fourth-order valence-electron chi connectivity index (χ4n) is 10.7. The number of nitrogens with two attached hydrogens (primary N) is 2. The highest BCUT2D eigenvalue weighted by atomic mass is 35.5. The maximum absolute atomic E-state index is 11.8. The Hall–Kier alpha value is -8.12. The van der Waals surface area contributed by atoms with Gasteiger partial charge >= 0.3 is 11.9 Å². The second kappa shape index (κ2) is 25.8. The van der Waals surface area contributed by atoms with Gasteiger partial charge in [0.05, 0.1) is 30.3 Å². The molecule has 0 bridgehead atoms. The summed E-state index contributed by atoms with van der Waals surface area (Å²) in [4.78, 5) is 25.2. The Bertz CT molecular complexity index is 3510. The van der Waals surface area contributed by atoms with Crippen molar-refractivity contribution in [3.05, 3.63) is 272 Å². The number of aromatic carboxylic acids is 1. The van der Waals surface area contributed by atoms with Crippen molar-refractivity contribution in [1.82, 2.24) is 9.13 Å². The Morgan fingerprint density at radius 3 is 1.36 bits per heavy atom. The largest absolute Gasteiger partial charge is 0.478 e. The maximum atomic E-state index is 11.8. The normalized spacial score (nSPS) is 11.2. The Labute approximate surface area is 466 Å². The van der Waals surface area contributed by atoms with Crippen LogP contribution in [0.5, 0.6) is 0 Å². The van der Waals surface area contributed by atoms with E-state index in [0.717, 1.165) is 65.4 Å². The number of nitrogens with zero attached hydrogens (tertiary/aromatic N) is 3. The van der Waals surface area contributed by atoms with Gasteiger partial charge in [0.1, 0.15) is 0 Å². The Kier molecular flexibility index (Phi) is 18.1. The molecule has 0 aliphatic heterocycles. The molecule has 2 aromatic heterocycles. The number of ether oxygens (including phenoxy) is 1. The summed E-state index contributed by atoms with van der Waals surface area (Å²) in [6.07, 6.45) is 3.04. The molecule has 0 saturated heterocycles. The van der Waals surface area contributed by atoms with Gasteiger partial charge in [0.25, 0.3) is 0 Å². The van der Waals surface area contributed by atoms with Crippen molar-refractivity contribution < 1.29 is 19.4 Å². The molecule has 0 aliphatic rings. The van der Waals surface area contributed by atoms with Crippen molar-refractivity contribution in [2.24, 2.45) is 11.5 Å². The standard InChI is InChI=1S/2C33H32ClN3O2/c1-39-33(38)25-12-15-27(16-13-25)36-21-19-28-29-22-26(34)14-17-30(29)37(31(28)18-20-35)32(23-8-4-2-5-9-23)24-10-6-3-7-11-24;1-36(27-15-12-25(13-16-27)33(38)39)21-19-28-29-22-26(34)14-17-30(29)37(31(28)18-20-35)32(23-8-4-2-5-9-23)24-10-6-3-7-11-24/h2-17,22,32,36H,18-21,35H2,1H3;2-17,22,32H,18-21,35H2,1H3,(H,38,39). The summed E-state index contributed by atoms with van der Waals surface area (Å²) in [5.41, 5.74) is 27.1. The van der Waals surface area contributed by atoms with Crippen LogP contribution in [0.2, 0.25) is 10.0 Å². The van der Waals surface area contributed by atoms with Crippen molar-refractivity contribution >= 4 is 68.3 Å². The van der Waals surface area contributed by atoms with E-state index in [9.17, 15) is 14.7 Å². The number of nitrogens with one attached hydrogen (secondary N) is 1. The summed E-state index contributed by atoms with van der Waals surface area (Å²) in [6, 6.07) is 68.9. The molecule has 0 saturated carbocycles. The molecule has 6 N–H and O–H groups in total. The van der Waals surface area contributed by atoms with Crippen LogP contribution in [0.3, 0.4) is 0 Å². The first-order valence-corrected chi connectivity index (χ1v) is 27.0. The monoisotopic (exact) mass is 1070 g/mol. The molecule has 78 heavy (non-hydrogen) atoms. The van der Waals surface area contributed by atoms with Gasteiger partial charge in [0.2, 0.25) is 0 Å². The summed E-state index contributed by atoms with van der Waals surface area (Å²) in [5.74, 6) is -1.27. The second-order valence-electron chi connectivity index (χ2n) is 19.2. The number of rotatable bonds is 20. The number of carbonyl (C=O) groups is 2. The van der Waals surface area contributed by atoms with Gasteiger partial charge in [-0.2, -0.15) is 0 Å². The second-order valence-corrected chi connectivity index (χ2v) is 20.1. The number of carboxylic acids is 1. The molecule has 396 valence electrons. The van der Waals surface area contributed by atoms with Gasteiger partial charge in [-0.15, -0.1) is 0 Å². The van der Waals surface area contributed by atoms with E-state index in [4.69, 9.17) is 39.4 Å². The molecule has 0 unspecified atom stereocenters. The number of halogens is 2. The number of fused-ring (bicyclic) bond motifs is 2. The van der Waals surface area contributed by atoms with E-state index in [-0.39, 0.29) is 23.6 Å². The van der Waals surface area contributed by atoms with Crippen LogP contribution in [0.15, 0.2) is 206 Å². The number of carboxylic acid groups (broad SMARTS) is 1. The summed E-state index contributed by atoms with van der Waals surface area (Å²) in [6.45, 7) is 2.52. The first-order valence-electron chi connectivity index (χ1n) is 26.3. The number of benzene rings is 8. The van der Waals surface area contributed by atoms with Gasteiger partial charge in [-0.25, -0.2) is 9.59 Å². The molecule has 2 heterocycles. The first kappa shape index (κ1) is 54.7. The molecular formula is C66H64Cl2N6O4. The highest BCUT2D eigenvalue weighted by Gasteiger charge is 2.27. The average molecular weight is 1080 g/mol. The molecule has 0 aliphatic carbocycles. The number of carbonyl (C=O) groups excluding carboxylic acids is 1. The van der Waals surface area contributed by atoms with E-state index >= 15 is 0 Å². The van der Waals surface area contributed by atoms with Crippen LogP contribution in [0, 0.1) is 0 Å². The van der Waals surface area contributed by atoms with Crippen LogP contribution in [0.4, 0.5) is 11.4 Å². The maximum Gasteiger partial charge on any atom is 0.337 e. The third kappa shape index (κ3) is 12.3. The molecule has 12 heteroatoms. The van der Waals surface area contributed by atoms with Crippen LogP contribution < -0.4 is 21.7 Å². The SMILES string of the molecule is CN(CCc1c(CCN)n(C(c2ccccc2)c2ccccc2)c2ccc(Cl)cc12)c1ccc(C(=O)O)cc1.COC(=O)c1ccc(NCCc2c(CCN)n(C(c3ccccc3)c3ccccc3)c3ccc(Cl)cc23)cc1. The van der Waals surface area contributed by atoms with E-state index in [1.807, 2.05) is 55.6 Å². The number of aromatic nitrogens is 2. The van der Waals surface area contributed by atoms with Crippen molar-refractivity contribution in [3.8, 4) is 0 Å². The van der Waals surface area contributed by atoms with E-state index in [1.54, 1.807) is 24.3 Å². The first-order chi connectivity index (χ1) is 38.1. The molecule has 10 aromatic rings. The van der Waals surface area contributed by atoms with Gasteiger partial charge < -0.3 is 40.7 Å². The van der Waals surface area contributed by atoms with Crippen LogP contribution in [-0.4, -0.2) is 66.5 Å². The fraction of sp³-hybridized carbons (Fsp3) is 0.182. The predicted octanol–water partition coefficient (Wildman–Crippen LogP) is 13.7. The van der Waals surface area contributed by atoms with E-state index in [2.05, 4.69) is 153 Å². The molecule has 0 atom stereocenters. The van der Waals surface area contributed by atoms with Crippen LogP contribution in [0.1, 0.15) is 77.6 Å². The predicted molar refractivity (Wildman–Crippen MR) is 320 cm³/mol. The number of hydrogen-bond acceptors (Lipinski definition) is 7. The number of likely N-dealkylation sites (N-methyl/N-ethyl adjacent to an activating group) is 1. The number of hydrogen-bond donors (Lipinski definition) is 4. The zero-order valence-electron chi connectivity index (χ0n) is 43.9. The molecule has 0 spiro atoms. The number of methoxy groups -OCH3 is 1. The minimum Gasteiger partial charge on any atom is -0.478 e. The van der Waals surface area contributed by atoms with Gasteiger partial charge in [0.15, 0.2) is 0 Å². The van der Waals surface area contributed by atoms with Gasteiger partial charge in [0, 0.05) is 87.6 Å². The Balaban J connectivity index is 0.000000190. The minimum atomic E-state index is -0.924. The molecule has 8 aromatic carbocycles. The fourth-order valence-corrected chi connectivity index (χ4v) is 11.1. The summed E-state index contributed by atoms with van der Waals surface area (Å²) >= 11 is 13.1. The zero-order chi connectivity index (χ0) is 54.5. The lowest BCUT2D eigenvalue weighted by molar-refractivity contribution is 0.0599. The molecular weight excluding hydrogens is 1010 g/mol. The van der Waals surface area contributed by atoms with Crippen LogP contribution >= 0.6 is 23.2 Å². The van der Waals surface area contributed by atoms with E-state index < -0.39 is 5.97 Å². The quantitative estimate of drug-likeness (QED) is 0.0553. The highest BCUT2D eigenvalue weighted by molar-refractivity contribution is 6.31. The molecule has 10 nitrogen and oxygen atoms in total. The molecule has 10 rings (SSSR count). The molecule has 0 amide bonds. The lowest BCUT2D eigenvalue weighted by atomic mass is 9.97. The van der Waals surface area contributed by atoms with Crippen molar-refractivity contribution in [2.75, 3.05) is 50.6 Å². The van der Waals surface area contributed by atoms with Crippen molar-refractivity contribution in [3.63, 3.8) is 0 Å². The van der Waals surface area contributed by atoms with Crippen molar-refractivity contribution in [1.29, 1.82) is 0 Å². The zero-order valence-corrected chi connectivity index (χ0v) is 45.4. The summed E-state index contributed by atoms with van der Waals surface area (Å²) < 4.78 is 9.70. The Morgan fingerprint density at radius 1 is 0.551 bits per heavy atom. The van der Waals surface area contributed by atoms with Crippen LogP contribution in [0.25, 0.3) is 21.8 Å². The smallest absolute Gasteiger partial charge is 0.337 e. The van der Waals surface area contributed by atoms with E-state index in [1.165, 1.54) is 51.9 Å². The minimum absolute atomic E-state index is 0.00907. The number of esters is 1. The topological polar surface area (TPSA) is 141 Å². The summed E-state index contributed by atoms with van der Waals surface area (Å²) in [7, 11) is 3.41. The van der Waals surface area contributed by atoms with E-state index in [0.29, 0.717) is 35.2 Å². The number of anilines is 2. The third-order valence-electron chi connectivity index (χ3n) is 14.4.